The maximum Gasteiger partial charge on any atom is 0.332 e. The zero-order valence-corrected chi connectivity index (χ0v) is 17.5. The molecule has 0 N–H and O–H groups in total. The maximum absolute atomic E-state index is 13.3. The smallest absolute Gasteiger partial charge is 0.332 e. The highest BCUT2D eigenvalue weighted by Gasteiger charge is 2.31. The molecule has 0 aliphatic carbocycles. The number of ether oxygens (including phenoxy) is 1. The zero-order valence-electron chi connectivity index (χ0n) is 17.5. The molecule has 0 saturated heterocycles. The molecular weight excluding hydrogens is 370 g/mol. The van der Waals surface area contributed by atoms with Crippen LogP contribution in [0.4, 0.5) is 11.6 Å². The Kier molecular flexibility index (Phi) is 4.72. The number of imidazole rings is 1. The molecule has 0 spiro atoms. The van der Waals surface area contributed by atoms with Crippen LogP contribution in [0.25, 0.3) is 11.2 Å². The molecule has 29 heavy (non-hydrogen) atoms. The molecule has 0 fully saturated rings. The van der Waals surface area contributed by atoms with Gasteiger partial charge in [0.05, 0.1) is 12.8 Å². The summed E-state index contributed by atoms with van der Waals surface area (Å²) in [4.78, 5) is 32.9. The fraction of sp³-hybridized carbons (Fsp3) is 0.476. The van der Waals surface area contributed by atoms with E-state index in [0.29, 0.717) is 36.1 Å². The summed E-state index contributed by atoms with van der Waals surface area (Å²) < 4.78 is 10.3. The fourth-order valence-corrected chi connectivity index (χ4v) is 4.09. The Balaban J connectivity index is 2.01. The van der Waals surface area contributed by atoms with E-state index in [4.69, 9.17) is 9.72 Å². The van der Waals surface area contributed by atoms with Crippen LogP contribution in [0.15, 0.2) is 33.9 Å². The first kappa shape index (κ1) is 19.3. The van der Waals surface area contributed by atoms with Crippen LogP contribution >= 0.6 is 0 Å². The van der Waals surface area contributed by atoms with Crippen molar-refractivity contribution in [3.63, 3.8) is 0 Å². The first-order valence-corrected chi connectivity index (χ1v) is 9.94. The largest absolute Gasteiger partial charge is 0.495 e. The summed E-state index contributed by atoms with van der Waals surface area (Å²) in [5.41, 5.74) is 1.19. The molecule has 3 aromatic rings. The molecule has 0 amide bonds. The van der Waals surface area contributed by atoms with Crippen molar-refractivity contribution >= 4 is 22.8 Å². The second-order valence-electron chi connectivity index (χ2n) is 8.23. The molecule has 1 unspecified atom stereocenters. The van der Waals surface area contributed by atoms with Gasteiger partial charge in [-0.2, -0.15) is 4.98 Å². The monoisotopic (exact) mass is 397 g/mol. The van der Waals surface area contributed by atoms with Gasteiger partial charge in [-0.1, -0.05) is 32.9 Å². The van der Waals surface area contributed by atoms with Crippen molar-refractivity contribution < 1.29 is 4.74 Å². The van der Waals surface area contributed by atoms with Crippen molar-refractivity contribution in [1.82, 2.24) is 18.7 Å². The van der Waals surface area contributed by atoms with Gasteiger partial charge in [0, 0.05) is 26.7 Å². The topological polar surface area (TPSA) is 74.3 Å². The minimum absolute atomic E-state index is 0.186. The van der Waals surface area contributed by atoms with Crippen LogP contribution in [0.2, 0.25) is 0 Å². The van der Waals surface area contributed by atoms with Gasteiger partial charge in [-0.3, -0.25) is 13.9 Å². The van der Waals surface area contributed by atoms with Gasteiger partial charge in [0.25, 0.3) is 5.56 Å². The Morgan fingerprint density at radius 1 is 1.21 bits per heavy atom. The number of hydrogen-bond acceptors (Lipinski definition) is 5. The normalized spacial score (nSPS) is 16.5. The van der Waals surface area contributed by atoms with Crippen LogP contribution in [-0.4, -0.2) is 32.3 Å². The van der Waals surface area contributed by atoms with Gasteiger partial charge in [-0.05, 0) is 24.0 Å². The Morgan fingerprint density at radius 3 is 2.62 bits per heavy atom. The van der Waals surface area contributed by atoms with E-state index in [1.54, 1.807) is 14.2 Å². The van der Waals surface area contributed by atoms with Crippen LogP contribution in [0.3, 0.4) is 0 Å². The van der Waals surface area contributed by atoms with E-state index in [1.807, 2.05) is 42.7 Å². The van der Waals surface area contributed by atoms with Crippen molar-refractivity contribution in [1.29, 1.82) is 0 Å². The minimum Gasteiger partial charge on any atom is -0.495 e. The molecular formula is C21H27N5O3. The summed E-state index contributed by atoms with van der Waals surface area (Å²) in [5.74, 6) is 1.88. The molecule has 1 aliphatic heterocycles. The average molecular weight is 397 g/mol. The fourth-order valence-electron chi connectivity index (χ4n) is 4.09. The lowest BCUT2D eigenvalue weighted by Gasteiger charge is -2.33. The number of aromatic nitrogens is 4. The van der Waals surface area contributed by atoms with Crippen molar-refractivity contribution in [2.45, 2.75) is 33.9 Å². The number of methoxy groups -OCH3 is 1. The molecule has 0 saturated carbocycles. The van der Waals surface area contributed by atoms with Crippen LogP contribution < -0.4 is 20.9 Å². The van der Waals surface area contributed by atoms with E-state index in [2.05, 4.69) is 11.8 Å². The number of fused-ring (bicyclic) bond motifs is 3. The molecule has 3 heterocycles. The third kappa shape index (κ3) is 3.03. The molecule has 0 bridgehead atoms. The van der Waals surface area contributed by atoms with Crippen LogP contribution in [0.5, 0.6) is 5.75 Å². The number of hydrogen-bond donors (Lipinski definition) is 0. The van der Waals surface area contributed by atoms with E-state index >= 15 is 0 Å². The zero-order chi connectivity index (χ0) is 20.9. The van der Waals surface area contributed by atoms with E-state index < -0.39 is 0 Å². The maximum atomic E-state index is 13.3. The highest BCUT2D eigenvalue weighted by atomic mass is 16.5. The standard InChI is InChI=1S/C21H27N5O3/c1-13(2)10-26-19(27)17-18(23(4)21(26)28)22-20-24(11-14(3)12-25(17)20)15-8-6-7-9-16(15)29-5/h6-9,13-14H,10-12H2,1-5H3. The first-order chi connectivity index (χ1) is 13.8. The summed E-state index contributed by atoms with van der Waals surface area (Å²) in [7, 11) is 3.32. The highest BCUT2D eigenvalue weighted by Crippen LogP contribution is 2.37. The molecule has 1 aromatic carbocycles. The van der Waals surface area contributed by atoms with Gasteiger partial charge in [-0.15, -0.1) is 0 Å². The summed E-state index contributed by atoms with van der Waals surface area (Å²) in [5, 5.41) is 0. The van der Waals surface area contributed by atoms with Crippen molar-refractivity contribution in [3.8, 4) is 5.75 Å². The third-order valence-corrected chi connectivity index (χ3v) is 5.37. The lowest BCUT2D eigenvalue weighted by Crippen LogP contribution is -2.41. The number of benzene rings is 1. The van der Waals surface area contributed by atoms with Gasteiger partial charge in [0.1, 0.15) is 5.75 Å². The summed E-state index contributed by atoms with van der Waals surface area (Å²) in [6.07, 6.45) is 0. The van der Waals surface area contributed by atoms with Crippen molar-refractivity contribution in [3.05, 3.63) is 45.1 Å². The van der Waals surface area contributed by atoms with Crippen molar-refractivity contribution in [2.24, 2.45) is 18.9 Å². The molecule has 154 valence electrons. The third-order valence-electron chi connectivity index (χ3n) is 5.37. The molecule has 8 heteroatoms. The number of nitrogens with zero attached hydrogens (tertiary/aromatic N) is 5. The molecule has 8 nitrogen and oxygen atoms in total. The van der Waals surface area contributed by atoms with Gasteiger partial charge in [0.15, 0.2) is 11.2 Å². The summed E-state index contributed by atoms with van der Waals surface area (Å²) in [6.45, 7) is 7.94. The average Bonchev–Trinajstić information content (AvgIpc) is 3.08. The number of rotatable bonds is 4. The van der Waals surface area contributed by atoms with Gasteiger partial charge < -0.3 is 14.2 Å². The SMILES string of the molecule is COc1ccccc1N1CC(C)Cn2c1nc1c2c(=O)n(CC(C)C)c(=O)n1C. The second kappa shape index (κ2) is 7.09. The van der Waals surface area contributed by atoms with E-state index in [-0.39, 0.29) is 17.2 Å². The second-order valence-corrected chi connectivity index (χ2v) is 8.23. The predicted octanol–water partition coefficient (Wildman–Crippen LogP) is 2.35. The lowest BCUT2D eigenvalue weighted by atomic mass is 10.1. The Morgan fingerprint density at radius 2 is 1.93 bits per heavy atom. The molecule has 0 radical (unpaired) electrons. The van der Waals surface area contributed by atoms with E-state index in [0.717, 1.165) is 18.0 Å². The summed E-state index contributed by atoms with van der Waals surface area (Å²) >= 11 is 0. The highest BCUT2D eigenvalue weighted by molar-refractivity contribution is 5.78. The van der Waals surface area contributed by atoms with Crippen LogP contribution in [0, 0.1) is 11.8 Å². The molecule has 2 aromatic heterocycles. The lowest BCUT2D eigenvalue weighted by molar-refractivity contribution is 0.409. The van der Waals surface area contributed by atoms with Crippen molar-refractivity contribution in [2.75, 3.05) is 18.6 Å². The predicted molar refractivity (Wildman–Crippen MR) is 113 cm³/mol. The Hall–Kier alpha value is -3.03. The minimum atomic E-state index is -0.330. The number of anilines is 2. The van der Waals surface area contributed by atoms with Gasteiger partial charge in [-0.25, -0.2) is 4.79 Å². The number of para-hydroxylation sites is 2. The van der Waals surface area contributed by atoms with Crippen LogP contribution in [0.1, 0.15) is 20.8 Å². The number of aryl methyl sites for hydroxylation is 1. The van der Waals surface area contributed by atoms with E-state index in [9.17, 15) is 9.59 Å². The quantitative estimate of drug-likeness (QED) is 0.676. The summed E-state index contributed by atoms with van der Waals surface area (Å²) in [6, 6.07) is 7.77. The molecule has 4 rings (SSSR count). The van der Waals surface area contributed by atoms with E-state index in [1.165, 1.54) is 9.13 Å². The Labute approximate surface area is 169 Å². The first-order valence-electron chi connectivity index (χ1n) is 9.94. The van der Waals surface area contributed by atoms with Crippen LogP contribution in [-0.2, 0) is 20.1 Å². The van der Waals surface area contributed by atoms with Gasteiger partial charge in [0.2, 0.25) is 5.95 Å². The Bertz CT molecular complexity index is 1190. The molecule has 1 atom stereocenters. The van der Waals surface area contributed by atoms with Gasteiger partial charge >= 0.3 is 5.69 Å². The molecule has 1 aliphatic rings.